The fourth-order valence-electron chi connectivity index (χ4n) is 1.27. The van der Waals surface area contributed by atoms with E-state index >= 15 is 0 Å². The van der Waals surface area contributed by atoms with Gasteiger partial charge in [0.25, 0.3) is 0 Å². The van der Waals surface area contributed by atoms with E-state index in [9.17, 15) is 0 Å². The summed E-state index contributed by atoms with van der Waals surface area (Å²) in [5, 5.41) is 4.09. The van der Waals surface area contributed by atoms with Gasteiger partial charge in [-0.2, -0.15) is 0 Å². The molecule has 0 saturated carbocycles. The Bertz CT molecular complexity index is 435. The van der Waals surface area contributed by atoms with Crippen LogP contribution in [0, 0.1) is 13.8 Å². The molecular formula is C8H11ClN4. The van der Waals surface area contributed by atoms with Gasteiger partial charge in [-0.3, -0.25) is 0 Å². The molecule has 0 fully saturated rings. The van der Waals surface area contributed by atoms with E-state index in [0.717, 1.165) is 16.9 Å². The number of rotatable bonds is 0. The van der Waals surface area contributed by atoms with Gasteiger partial charge in [0.2, 0.25) is 0 Å². The van der Waals surface area contributed by atoms with E-state index in [0.29, 0.717) is 5.82 Å². The lowest BCUT2D eigenvalue weighted by Crippen LogP contribution is -1.98. The Labute approximate surface area is 82.2 Å². The van der Waals surface area contributed by atoms with Crippen LogP contribution in [0.3, 0.4) is 0 Å². The van der Waals surface area contributed by atoms with Crippen LogP contribution in [0.4, 0.5) is 5.82 Å². The molecule has 0 aliphatic heterocycles. The van der Waals surface area contributed by atoms with E-state index in [1.54, 1.807) is 4.52 Å². The Hall–Kier alpha value is -1.29. The molecular weight excluding hydrogens is 188 g/mol. The zero-order chi connectivity index (χ0) is 8.72. The van der Waals surface area contributed by atoms with Crippen LogP contribution < -0.4 is 5.73 Å². The highest BCUT2D eigenvalue weighted by molar-refractivity contribution is 5.85. The summed E-state index contributed by atoms with van der Waals surface area (Å²) >= 11 is 0. The largest absolute Gasteiger partial charge is 0.382 e. The summed E-state index contributed by atoms with van der Waals surface area (Å²) in [5.74, 6) is 0.525. The molecule has 0 aliphatic carbocycles. The lowest BCUT2D eigenvalue weighted by atomic mass is 10.3. The van der Waals surface area contributed by atoms with Crippen LogP contribution in [0.1, 0.15) is 11.3 Å². The van der Waals surface area contributed by atoms with Gasteiger partial charge in [0, 0.05) is 0 Å². The van der Waals surface area contributed by atoms with Crippen LogP contribution in [0.25, 0.3) is 5.65 Å². The second-order valence-corrected chi connectivity index (χ2v) is 2.90. The average molecular weight is 199 g/mol. The Morgan fingerprint density at radius 1 is 1.38 bits per heavy atom. The maximum atomic E-state index is 5.57. The first-order valence-corrected chi connectivity index (χ1v) is 3.76. The van der Waals surface area contributed by atoms with Crippen LogP contribution >= 0.6 is 12.4 Å². The minimum absolute atomic E-state index is 0. The van der Waals surface area contributed by atoms with Crippen molar-refractivity contribution in [3.63, 3.8) is 0 Å². The molecule has 4 nitrogen and oxygen atoms in total. The molecule has 0 amide bonds. The van der Waals surface area contributed by atoms with Crippen molar-refractivity contribution in [3.05, 3.63) is 23.5 Å². The van der Waals surface area contributed by atoms with Gasteiger partial charge >= 0.3 is 0 Å². The molecule has 0 aliphatic rings. The van der Waals surface area contributed by atoms with E-state index in [-0.39, 0.29) is 12.4 Å². The van der Waals surface area contributed by atoms with Gasteiger partial charge in [0.15, 0.2) is 5.65 Å². The average Bonchev–Trinajstić information content (AvgIpc) is 2.29. The number of nitrogens with two attached hydrogens (primary N) is 1. The molecule has 2 rings (SSSR count). The summed E-state index contributed by atoms with van der Waals surface area (Å²) < 4.78 is 1.71. The van der Waals surface area contributed by atoms with Crippen molar-refractivity contribution in [2.75, 3.05) is 5.73 Å². The maximum absolute atomic E-state index is 5.57. The highest BCUT2D eigenvalue weighted by atomic mass is 35.5. The number of hydrogen-bond donors (Lipinski definition) is 1. The van der Waals surface area contributed by atoms with Crippen LogP contribution in [-0.2, 0) is 0 Å². The summed E-state index contributed by atoms with van der Waals surface area (Å²) in [6, 6.07) is 1.82. The zero-order valence-corrected chi connectivity index (χ0v) is 8.30. The first-order valence-electron chi connectivity index (χ1n) is 3.76. The van der Waals surface area contributed by atoms with Gasteiger partial charge in [-0.05, 0) is 25.5 Å². The topological polar surface area (TPSA) is 56.2 Å². The Balaban J connectivity index is 0.000000845. The van der Waals surface area contributed by atoms with Crippen LogP contribution in [0.5, 0.6) is 0 Å². The van der Waals surface area contributed by atoms with Crippen molar-refractivity contribution in [3.8, 4) is 0 Å². The number of aromatic nitrogens is 3. The molecule has 70 valence electrons. The van der Waals surface area contributed by atoms with Crippen LogP contribution in [0.2, 0.25) is 0 Å². The molecule has 5 heteroatoms. The third-order valence-corrected chi connectivity index (χ3v) is 1.75. The molecule has 2 aromatic heterocycles. The van der Waals surface area contributed by atoms with Gasteiger partial charge < -0.3 is 5.73 Å². The summed E-state index contributed by atoms with van der Waals surface area (Å²) in [6.07, 6.45) is 1.86. The van der Waals surface area contributed by atoms with Crippen LogP contribution in [0.15, 0.2) is 12.3 Å². The molecule has 0 radical (unpaired) electrons. The van der Waals surface area contributed by atoms with E-state index in [1.807, 2.05) is 26.1 Å². The number of halogens is 1. The number of anilines is 1. The maximum Gasteiger partial charge on any atom is 0.156 e. The Morgan fingerprint density at radius 3 is 2.77 bits per heavy atom. The molecule has 0 spiro atoms. The minimum atomic E-state index is 0. The summed E-state index contributed by atoms with van der Waals surface area (Å²) in [7, 11) is 0. The minimum Gasteiger partial charge on any atom is -0.382 e. The predicted octanol–water partition coefficient (Wildman–Crippen LogP) is 1.35. The van der Waals surface area contributed by atoms with Crippen molar-refractivity contribution in [2.45, 2.75) is 13.8 Å². The van der Waals surface area contributed by atoms with E-state index in [4.69, 9.17) is 5.73 Å². The fraction of sp³-hybridized carbons (Fsp3) is 0.250. The molecule has 0 unspecified atom stereocenters. The molecule has 0 saturated heterocycles. The quantitative estimate of drug-likeness (QED) is 0.695. The molecule has 13 heavy (non-hydrogen) atoms. The summed E-state index contributed by atoms with van der Waals surface area (Å²) in [5.41, 5.74) is 8.46. The number of fused-ring (bicyclic) bond motifs is 1. The van der Waals surface area contributed by atoms with Crippen molar-refractivity contribution in [1.29, 1.82) is 0 Å². The number of imidazole rings is 1. The van der Waals surface area contributed by atoms with E-state index < -0.39 is 0 Å². The highest BCUT2D eigenvalue weighted by Crippen LogP contribution is 2.10. The summed E-state index contributed by atoms with van der Waals surface area (Å²) in [4.78, 5) is 4.30. The Kier molecular flexibility index (Phi) is 2.43. The number of aryl methyl sites for hydroxylation is 2. The number of nitrogen functional groups attached to an aromatic ring is 1. The van der Waals surface area contributed by atoms with Gasteiger partial charge in [-0.15, -0.1) is 17.5 Å². The third-order valence-electron chi connectivity index (χ3n) is 1.75. The zero-order valence-electron chi connectivity index (χ0n) is 7.48. The smallest absolute Gasteiger partial charge is 0.156 e. The van der Waals surface area contributed by atoms with Crippen molar-refractivity contribution in [2.24, 2.45) is 0 Å². The molecule has 0 aromatic carbocycles. The Morgan fingerprint density at radius 2 is 2.08 bits per heavy atom. The van der Waals surface area contributed by atoms with Crippen LogP contribution in [-0.4, -0.2) is 14.6 Å². The lowest BCUT2D eigenvalue weighted by molar-refractivity contribution is 0.936. The van der Waals surface area contributed by atoms with Gasteiger partial charge in [-0.25, -0.2) is 9.50 Å². The summed E-state index contributed by atoms with van der Waals surface area (Å²) in [6.45, 7) is 3.91. The molecule has 0 atom stereocenters. The normalized spacial score (nSPS) is 10.0. The SMILES string of the molecule is Cc1cn2nc(N)cc(C)c2n1.Cl. The third kappa shape index (κ3) is 1.58. The lowest BCUT2D eigenvalue weighted by Gasteiger charge is -1.97. The standard InChI is InChI=1S/C8H10N4.ClH/c1-5-3-7(9)11-12-4-6(2)10-8(5)12;/h3-4H,1-2H3,(H2,9,11);1H. The molecule has 0 bridgehead atoms. The second-order valence-electron chi connectivity index (χ2n) is 2.90. The molecule has 2 heterocycles. The number of nitrogens with zero attached hydrogens (tertiary/aromatic N) is 3. The molecule has 2 N–H and O–H groups in total. The molecule has 2 aromatic rings. The number of hydrogen-bond acceptors (Lipinski definition) is 3. The predicted molar refractivity (Wildman–Crippen MR) is 54.1 cm³/mol. The monoisotopic (exact) mass is 198 g/mol. The van der Waals surface area contributed by atoms with Gasteiger partial charge in [0.05, 0.1) is 11.9 Å². The first-order chi connectivity index (χ1) is 5.66. The second kappa shape index (κ2) is 3.22. The first kappa shape index (κ1) is 9.80. The van der Waals surface area contributed by atoms with Crippen molar-refractivity contribution >= 4 is 23.9 Å². The van der Waals surface area contributed by atoms with E-state index in [2.05, 4.69) is 10.1 Å². The fourth-order valence-corrected chi connectivity index (χ4v) is 1.27. The van der Waals surface area contributed by atoms with Crippen molar-refractivity contribution in [1.82, 2.24) is 14.6 Å². The van der Waals surface area contributed by atoms with E-state index in [1.165, 1.54) is 0 Å². The van der Waals surface area contributed by atoms with Crippen molar-refractivity contribution < 1.29 is 0 Å². The highest BCUT2D eigenvalue weighted by Gasteiger charge is 2.02. The van der Waals surface area contributed by atoms with Gasteiger partial charge in [-0.1, -0.05) is 0 Å². The van der Waals surface area contributed by atoms with Gasteiger partial charge in [0.1, 0.15) is 5.82 Å².